The molecule has 0 bridgehead atoms. The standard InChI is InChI=1S/C15H22N2O3/c1-15(2,3)14(20)17(16-4)10-12(18)13(19)11-8-6-5-7-9-11/h5-9,12,16,18H,10H2,1-4H3/t12-/m1/s1. The third-order valence-electron chi connectivity index (χ3n) is 2.87. The Bertz CT molecular complexity index is 466. The molecule has 0 radical (unpaired) electrons. The fourth-order valence-corrected chi connectivity index (χ4v) is 1.73. The van der Waals surface area contributed by atoms with Gasteiger partial charge in [-0.05, 0) is 0 Å². The number of hydrogen-bond donors (Lipinski definition) is 2. The number of aliphatic hydroxyl groups excluding tert-OH is 1. The summed E-state index contributed by atoms with van der Waals surface area (Å²) in [5, 5.41) is 11.3. The van der Waals surface area contributed by atoms with Crippen molar-refractivity contribution in [3.63, 3.8) is 0 Å². The summed E-state index contributed by atoms with van der Waals surface area (Å²) in [5.41, 5.74) is 2.56. The summed E-state index contributed by atoms with van der Waals surface area (Å²) in [6.07, 6.45) is -1.25. The molecule has 1 amide bonds. The number of aliphatic hydroxyl groups is 1. The zero-order valence-electron chi connectivity index (χ0n) is 12.4. The van der Waals surface area contributed by atoms with Crippen molar-refractivity contribution in [2.45, 2.75) is 26.9 Å². The van der Waals surface area contributed by atoms with Gasteiger partial charge in [-0.15, -0.1) is 0 Å². The highest BCUT2D eigenvalue weighted by atomic mass is 16.3. The van der Waals surface area contributed by atoms with Crippen molar-refractivity contribution < 1.29 is 14.7 Å². The van der Waals surface area contributed by atoms with Gasteiger partial charge in [0.2, 0.25) is 5.91 Å². The first-order valence-corrected chi connectivity index (χ1v) is 6.54. The number of carbonyl (C=O) groups is 2. The highest BCUT2D eigenvalue weighted by molar-refractivity contribution is 5.99. The molecule has 0 saturated carbocycles. The predicted octanol–water partition coefficient (Wildman–Crippen LogP) is 1.24. The number of amides is 1. The van der Waals surface area contributed by atoms with Crippen LogP contribution in [0.25, 0.3) is 0 Å². The van der Waals surface area contributed by atoms with Gasteiger partial charge in [0.1, 0.15) is 6.10 Å². The largest absolute Gasteiger partial charge is 0.383 e. The Kier molecular flexibility index (Phi) is 5.42. The molecule has 0 heterocycles. The van der Waals surface area contributed by atoms with Crippen LogP contribution in [0.3, 0.4) is 0 Å². The Morgan fingerprint density at radius 2 is 1.80 bits per heavy atom. The SMILES string of the molecule is CNN(C[C@@H](O)C(=O)c1ccccc1)C(=O)C(C)(C)C. The molecule has 1 aromatic rings. The number of carbonyl (C=O) groups excluding carboxylic acids is 2. The van der Waals surface area contributed by atoms with Crippen molar-refractivity contribution in [3.8, 4) is 0 Å². The molecule has 20 heavy (non-hydrogen) atoms. The Morgan fingerprint density at radius 3 is 2.25 bits per heavy atom. The molecule has 2 N–H and O–H groups in total. The molecule has 0 aliphatic rings. The second-order valence-corrected chi connectivity index (χ2v) is 5.64. The van der Waals surface area contributed by atoms with Crippen molar-refractivity contribution in [1.29, 1.82) is 0 Å². The normalized spacial score (nSPS) is 12.8. The minimum Gasteiger partial charge on any atom is -0.383 e. The quantitative estimate of drug-likeness (QED) is 0.628. The van der Waals surface area contributed by atoms with Crippen LogP contribution in [0.4, 0.5) is 0 Å². The average molecular weight is 278 g/mol. The van der Waals surface area contributed by atoms with E-state index in [0.29, 0.717) is 5.56 Å². The second-order valence-electron chi connectivity index (χ2n) is 5.64. The van der Waals surface area contributed by atoms with Crippen molar-refractivity contribution in [2.24, 2.45) is 5.41 Å². The fourth-order valence-electron chi connectivity index (χ4n) is 1.73. The minimum atomic E-state index is -1.25. The van der Waals surface area contributed by atoms with Crippen LogP contribution in [-0.4, -0.2) is 41.5 Å². The number of rotatable bonds is 5. The van der Waals surface area contributed by atoms with E-state index < -0.39 is 17.3 Å². The van der Waals surface area contributed by atoms with Gasteiger partial charge in [-0.1, -0.05) is 51.1 Å². The molecule has 110 valence electrons. The van der Waals surface area contributed by atoms with Crippen LogP contribution in [0.15, 0.2) is 30.3 Å². The molecular formula is C15H22N2O3. The van der Waals surface area contributed by atoms with E-state index in [4.69, 9.17) is 0 Å². The lowest BCUT2D eigenvalue weighted by Crippen LogP contribution is -2.51. The van der Waals surface area contributed by atoms with Crippen LogP contribution in [0.5, 0.6) is 0 Å². The Hall–Kier alpha value is -1.72. The topological polar surface area (TPSA) is 69.6 Å². The van der Waals surface area contributed by atoms with E-state index >= 15 is 0 Å². The number of hydrogen-bond acceptors (Lipinski definition) is 4. The van der Waals surface area contributed by atoms with E-state index in [9.17, 15) is 14.7 Å². The van der Waals surface area contributed by atoms with Gasteiger partial charge in [0.05, 0.1) is 6.54 Å². The number of nitrogens with one attached hydrogen (secondary N) is 1. The Morgan fingerprint density at radius 1 is 1.25 bits per heavy atom. The molecule has 0 aliphatic carbocycles. The zero-order chi connectivity index (χ0) is 15.3. The van der Waals surface area contributed by atoms with Gasteiger partial charge in [-0.2, -0.15) is 0 Å². The lowest BCUT2D eigenvalue weighted by atomic mass is 9.95. The monoisotopic (exact) mass is 278 g/mol. The highest BCUT2D eigenvalue weighted by Crippen LogP contribution is 2.16. The van der Waals surface area contributed by atoms with E-state index in [1.807, 2.05) is 0 Å². The number of nitrogens with zero attached hydrogens (tertiary/aromatic N) is 1. The highest BCUT2D eigenvalue weighted by Gasteiger charge is 2.29. The van der Waals surface area contributed by atoms with Crippen LogP contribution >= 0.6 is 0 Å². The van der Waals surface area contributed by atoms with E-state index in [-0.39, 0.29) is 12.5 Å². The van der Waals surface area contributed by atoms with Gasteiger partial charge in [0.25, 0.3) is 0 Å². The smallest absolute Gasteiger partial charge is 0.242 e. The molecule has 0 aliphatic heterocycles. The molecule has 1 rings (SSSR count). The average Bonchev–Trinajstić information content (AvgIpc) is 2.42. The van der Waals surface area contributed by atoms with E-state index in [1.165, 1.54) is 5.01 Å². The summed E-state index contributed by atoms with van der Waals surface area (Å²) >= 11 is 0. The van der Waals surface area contributed by atoms with E-state index in [2.05, 4.69) is 5.43 Å². The first-order valence-electron chi connectivity index (χ1n) is 6.54. The lowest BCUT2D eigenvalue weighted by molar-refractivity contribution is -0.143. The predicted molar refractivity (Wildman–Crippen MR) is 77.0 cm³/mol. The summed E-state index contributed by atoms with van der Waals surface area (Å²) in [6, 6.07) is 8.54. The van der Waals surface area contributed by atoms with Gasteiger partial charge in [-0.3, -0.25) is 14.6 Å². The number of benzene rings is 1. The van der Waals surface area contributed by atoms with Crippen LogP contribution in [-0.2, 0) is 4.79 Å². The maximum absolute atomic E-state index is 12.1. The molecular weight excluding hydrogens is 256 g/mol. The molecule has 1 aromatic carbocycles. The van der Waals surface area contributed by atoms with Gasteiger partial charge in [0, 0.05) is 18.0 Å². The first kappa shape index (κ1) is 16.3. The molecule has 0 saturated heterocycles. The summed E-state index contributed by atoms with van der Waals surface area (Å²) in [5.74, 6) is -0.576. The Balaban J connectivity index is 2.76. The van der Waals surface area contributed by atoms with Crippen molar-refractivity contribution in [1.82, 2.24) is 10.4 Å². The maximum Gasteiger partial charge on any atom is 0.242 e. The number of hydrazine groups is 1. The maximum atomic E-state index is 12.1. The van der Waals surface area contributed by atoms with Crippen molar-refractivity contribution in [2.75, 3.05) is 13.6 Å². The van der Waals surface area contributed by atoms with Crippen molar-refractivity contribution in [3.05, 3.63) is 35.9 Å². The molecule has 0 aromatic heterocycles. The van der Waals surface area contributed by atoms with Crippen LogP contribution in [0, 0.1) is 5.41 Å². The summed E-state index contributed by atoms with van der Waals surface area (Å²) in [4.78, 5) is 24.2. The van der Waals surface area contributed by atoms with E-state index in [0.717, 1.165) is 0 Å². The number of ketones is 1. The van der Waals surface area contributed by atoms with Gasteiger partial charge < -0.3 is 5.11 Å². The summed E-state index contributed by atoms with van der Waals surface area (Å²) in [6.45, 7) is 5.27. The van der Waals surface area contributed by atoms with E-state index in [1.54, 1.807) is 58.2 Å². The number of Topliss-reactive ketones (excluding diaryl/α,β-unsaturated/α-hetero) is 1. The third-order valence-corrected chi connectivity index (χ3v) is 2.87. The van der Waals surface area contributed by atoms with Crippen LogP contribution in [0.1, 0.15) is 31.1 Å². The molecule has 0 unspecified atom stereocenters. The fraction of sp³-hybridized carbons (Fsp3) is 0.467. The van der Waals surface area contributed by atoms with Crippen LogP contribution in [0.2, 0.25) is 0 Å². The molecule has 1 atom stereocenters. The van der Waals surface area contributed by atoms with Gasteiger partial charge >= 0.3 is 0 Å². The molecule has 5 nitrogen and oxygen atoms in total. The van der Waals surface area contributed by atoms with Crippen LogP contribution < -0.4 is 5.43 Å². The third kappa shape index (κ3) is 4.15. The van der Waals surface area contributed by atoms with Crippen molar-refractivity contribution >= 4 is 11.7 Å². The Labute approximate surface area is 119 Å². The molecule has 0 fully saturated rings. The lowest BCUT2D eigenvalue weighted by Gasteiger charge is -2.29. The molecule has 0 spiro atoms. The first-order chi connectivity index (χ1) is 9.27. The van der Waals surface area contributed by atoms with Gasteiger partial charge in [0.15, 0.2) is 5.78 Å². The minimum absolute atomic E-state index is 0.0830. The molecule has 5 heteroatoms. The summed E-state index contributed by atoms with van der Waals surface area (Å²) in [7, 11) is 1.59. The van der Waals surface area contributed by atoms with Gasteiger partial charge in [-0.25, -0.2) is 5.43 Å². The summed E-state index contributed by atoms with van der Waals surface area (Å²) < 4.78 is 0. The zero-order valence-corrected chi connectivity index (χ0v) is 12.4. The second kappa shape index (κ2) is 6.63.